The summed E-state index contributed by atoms with van der Waals surface area (Å²) in [7, 11) is 0. The van der Waals surface area contributed by atoms with Gasteiger partial charge in [0.05, 0.1) is 10.6 Å². The topological polar surface area (TPSA) is 133 Å². The largest absolute Gasteiger partial charge is 0.507 e. The van der Waals surface area contributed by atoms with Gasteiger partial charge in [-0.3, -0.25) is 4.79 Å². The minimum atomic E-state index is -1.44. The third kappa shape index (κ3) is 3.74. The van der Waals surface area contributed by atoms with Crippen molar-refractivity contribution < 1.29 is 29.4 Å². The molecule has 0 saturated carbocycles. The highest BCUT2D eigenvalue weighted by molar-refractivity contribution is 9.10. The molecule has 0 radical (unpaired) electrons. The van der Waals surface area contributed by atoms with Crippen molar-refractivity contribution in [2.75, 3.05) is 5.32 Å². The Hall–Kier alpha value is -3.04. The van der Waals surface area contributed by atoms with Gasteiger partial charge in [-0.1, -0.05) is 32.7 Å². The van der Waals surface area contributed by atoms with Crippen molar-refractivity contribution in [2.45, 2.75) is 0 Å². The number of amides is 1. The van der Waals surface area contributed by atoms with Crippen LogP contribution >= 0.6 is 27.5 Å². The van der Waals surface area contributed by atoms with Crippen molar-refractivity contribution in [3.63, 3.8) is 0 Å². The van der Waals surface area contributed by atoms with Gasteiger partial charge in [0, 0.05) is 16.1 Å². The van der Waals surface area contributed by atoms with E-state index in [4.69, 9.17) is 16.1 Å². The number of nitrogens with zero attached hydrogens (tertiary/aromatic N) is 1. The van der Waals surface area contributed by atoms with Crippen LogP contribution < -0.4 is 5.32 Å². The molecule has 0 spiro atoms. The van der Waals surface area contributed by atoms with Crippen LogP contribution in [-0.2, 0) is 0 Å². The summed E-state index contributed by atoms with van der Waals surface area (Å²) in [5.41, 5.74) is -0.606. The molecule has 10 heteroatoms. The Morgan fingerprint density at radius 3 is 2.41 bits per heavy atom. The number of rotatable bonds is 4. The van der Waals surface area contributed by atoms with Gasteiger partial charge in [-0.15, -0.1) is 0 Å². The maximum atomic E-state index is 12.5. The minimum absolute atomic E-state index is 0.0519. The van der Waals surface area contributed by atoms with Gasteiger partial charge in [0.1, 0.15) is 17.2 Å². The molecule has 3 aromatic rings. The first-order valence-electron chi connectivity index (χ1n) is 7.29. The van der Waals surface area contributed by atoms with E-state index in [0.717, 1.165) is 16.6 Å². The highest BCUT2D eigenvalue weighted by Gasteiger charge is 2.27. The van der Waals surface area contributed by atoms with E-state index >= 15 is 0 Å². The fourth-order valence-corrected chi connectivity index (χ4v) is 2.68. The molecular weight excluding hydrogens is 444 g/mol. The number of carbonyl (C=O) groups excluding carboxylic acids is 1. The number of carboxylic acid groups (broad SMARTS) is 1. The molecule has 1 heterocycles. The number of aromatic nitrogens is 1. The first-order chi connectivity index (χ1) is 12.8. The number of aromatic carboxylic acids is 1. The highest BCUT2D eigenvalue weighted by atomic mass is 79.9. The third-order valence-electron chi connectivity index (χ3n) is 3.55. The van der Waals surface area contributed by atoms with Crippen LogP contribution in [0, 0.1) is 0 Å². The number of aromatic hydroxyl groups is 2. The molecule has 8 nitrogen and oxygen atoms in total. The molecule has 0 aliphatic rings. The Labute approximate surface area is 165 Å². The smallest absolute Gasteiger partial charge is 0.360 e. The summed E-state index contributed by atoms with van der Waals surface area (Å²) in [5.74, 6) is -3.10. The molecule has 2 aromatic carbocycles. The quantitative estimate of drug-likeness (QED) is 0.467. The molecule has 4 N–H and O–H groups in total. The van der Waals surface area contributed by atoms with E-state index in [-0.39, 0.29) is 33.3 Å². The molecule has 0 fully saturated rings. The van der Waals surface area contributed by atoms with Gasteiger partial charge >= 0.3 is 5.97 Å². The van der Waals surface area contributed by atoms with Crippen LogP contribution in [0.4, 0.5) is 5.69 Å². The zero-order valence-electron chi connectivity index (χ0n) is 13.2. The van der Waals surface area contributed by atoms with E-state index in [2.05, 4.69) is 26.4 Å². The molecule has 0 saturated heterocycles. The normalized spacial score (nSPS) is 10.6. The van der Waals surface area contributed by atoms with Gasteiger partial charge in [-0.25, -0.2) is 4.79 Å². The molecule has 27 heavy (non-hydrogen) atoms. The van der Waals surface area contributed by atoms with Gasteiger partial charge < -0.3 is 25.2 Å². The third-order valence-corrected chi connectivity index (χ3v) is 4.38. The minimum Gasteiger partial charge on any atom is -0.507 e. The first kappa shape index (κ1) is 18.7. The summed E-state index contributed by atoms with van der Waals surface area (Å²) >= 11 is 9.10. The predicted molar refractivity (Wildman–Crippen MR) is 99.3 cm³/mol. The van der Waals surface area contributed by atoms with Crippen molar-refractivity contribution >= 4 is 45.1 Å². The maximum absolute atomic E-state index is 12.5. The zero-order valence-corrected chi connectivity index (χ0v) is 15.6. The average molecular weight is 454 g/mol. The van der Waals surface area contributed by atoms with Gasteiger partial charge in [-0.2, -0.15) is 0 Å². The molecular formula is C17H10BrClN2O6. The summed E-state index contributed by atoms with van der Waals surface area (Å²) < 4.78 is 5.78. The van der Waals surface area contributed by atoms with Crippen LogP contribution in [-0.4, -0.2) is 32.4 Å². The Kier molecular flexibility index (Phi) is 5.06. The van der Waals surface area contributed by atoms with Gasteiger partial charge in [0.2, 0.25) is 5.69 Å². The number of hydrogen-bond acceptors (Lipinski definition) is 6. The van der Waals surface area contributed by atoms with E-state index in [9.17, 15) is 24.9 Å². The van der Waals surface area contributed by atoms with Gasteiger partial charge in [0.25, 0.3) is 5.91 Å². The lowest BCUT2D eigenvalue weighted by atomic mass is 10.1. The number of benzene rings is 2. The summed E-state index contributed by atoms with van der Waals surface area (Å²) in [6.07, 6.45) is 0. The number of nitrogens with one attached hydrogen (secondary N) is 1. The summed E-state index contributed by atoms with van der Waals surface area (Å²) in [5, 5.41) is 34.7. The lowest BCUT2D eigenvalue weighted by Gasteiger charge is -2.08. The Morgan fingerprint density at radius 2 is 1.78 bits per heavy atom. The number of phenolic OH excluding ortho intramolecular Hbond substituents is 2. The fourth-order valence-electron chi connectivity index (χ4n) is 2.26. The number of halogens is 2. The molecule has 0 atom stereocenters. The van der Waals surface area contributed by atoms with Crippen LogP contribution in [0.15, 0.2) is 45.4 Å². The zero-order chi connectivity index (χ0) is 19.7. The van der Waals surface area contributed by atoms with Gasteiger partial charge in [0.15, 0.2) is 5.76 Å². The van der Waals surface area contributed by atoms with Crippen LogP contribution in [0.3, 0.4) is 0 Å². The van der Waals surface area contributed by atoms with E-state index in [1.807, 2.05) is 0 Å². The second-order valence-electron chi connectivity index (χ2n) is 5.32. The second kappa shape index (κ2) is 7.29. The molecule has 0 aliphatic heterocycles. The van der Waals surface area contributed by atoms with Crippen molar-refractivity contribution in [3.8, 4) is 22.8 Å². The highest BCUT2D eigenvalue weighted by Crippen LogP contribution is 2.41. The van der Waals surface area contributed by atoms with Crippen molar-refractivity contribution in [2.24, 2.45) is 0 Å². The SMILES string of the molecule is O=C(Nc1c(C(=O)O)noc1-c1cc(Cl)c(O)cc1O)c1ccc(Br)cc1. The fraction of sp³-hybridized carbons (Fsp3) is 0. The monoisotopic (exact) mass is 452 g/mol. The van der Waals surface area contributed by atoms with E-state index < -0.39 is 23.3 Å². The average Bonchev–Trinajstić information content (AvgIpc) is 3.02. The van der Waals surface area contributed by atoms with Crippen LogP contribution in [0.2, 0.25) is 5.02 Å². The van der Waals surface area contributed by atoms with Crippen molar-refractivity contribution in [1.82, 2.24) is 5.16 Å². The standard InChI is InChI=1S/C17H10BrClN2O6/c18-8-3-1-7(2-4-8)16(24)20-13-14(17(25)26)21-27-15(13)9-5-10(19)12(23)6-11(9)22/h1-6,22-23H,(H,20,24)(H,25,26). The lowest BCUT2D eigenvalue weighted by Crippen LogP contribution is -2.14. The van der Waals surface area contributed by atoms with Crippen LogP contribution in [0.5, 0.6) is 11.5 Å². The molecule has 0 aliphatic carbocycles. The molecule has 138 valence electrons. The van der Waals surface area contributed by atoms with Crippen molar-refractivity contribution in [1.29, 1.82) is 0 Å². The summed E-state index contributed by atoms with van der Waals surface area (Å²) in [4.78, 5) is 23.9. The van der Waals surface area contributed by atoms with E-state index in [1.54, 1.807) is 12.1 Å². The molecule has 1 aromatic heterocycles. The lowest BCUT2D eigenvalue weighted by molar-refractivity contribution is 0.0687. The first-order valence-corrected chi connectivity index (χ1v) is 8.46. The Balaban J connectivity index is 2.08. The molecule has 0 bridgehead atoms. The van der Waals surface area contributed by atoms with Crippen LogP contribution in [0.1, 0.15) is 20.8 Å². The maximum Gasteiger partial charge on any atom is 0.360 e. The summed E-state index contributed by atoms with van der Waals surface area (Å²) in [6, 6.07) is 8.47. The number of phenols is 2. The number of carboxylic acids is 1. The molecule has 3 rings (SSSR count). The predicted octanol–water partition coefficient (Wildman–Crippen LogP) is 4.12. The number of carbonyl (C=O) groups is 2. The van der Waals surface area contributed by atoms with Gasteiger partial charge in [-0.05, 0) is 30.3 Å². The van der Waals surface area contributed by atoms with Crippen molar-refractivity contribution in [3.05, 3.63) is 57.2 Å². The molecule has 1 amide bonds. The number of anilines is 1. The van der Waals surface area contributed by atoms with E-state index in [1.165, 1.54) is 12.1 Å². The van der Waals surface area contributed by atoms with Crippen LogP contribution in [0.25, 0.3) is 11.3 Å². The number of hydrogen-bond donors (Lipinski definition) is 4. The van der Waals surface area contributed by atoms with E-state index in [0.29, 0.717) is 0 Å². The second-order valence-corrected chi connectivity index (χ2v) is 6.65. The summed E-state index contributed by atoms with van der Waals surface area (Å²) in [6.45, 7) is 0. The Morgan fingerprint density at radius 1 is 1.11 bits per heavy atom. The molecule has 0 unspecified atom stereocenters. The Bertz CT molecular complexity index is 1050.